The lowest BCUT2D eigenvalue weighted by molar-refractivity contribution is 0.0941. The van der Waals surface area contributed by atoms with Gasteiger partial charge in [0.25, 0.3) is 5.91 Å². The maximum absolute atomic E-state index is 12.5. The van der Waals surface area contributed by atoms with Crippen LogP contribution in [-0.4, -0.2) is 10.9 Å². The van der Waals surface area contributed by atoms with Gasteiger partial charge in [0.1, 0.15) is 0 Å². The third kappa shape index (κ3) is 3.17. The molecule has 0 aliphatic carbocycles. The number of rotatable bonds is 3. The Bertz CT molecular complexity index is 794. The van der Waals surface area contributed by atoms with E-state index >= 15 is 0 Å². The van der Waals surface area contributed by atoms with Crippen LogP contribution in [0, 0.1) is 6.92 Å². The SMILES string of the molecule is Cc1cccc([C@H](C)NC(=O)c2cccc3[nH]ccc23)c1.S. The van der Waals surface area contributed by atoms with Crippen molar-refractivity contribution in [2.75, 3.05) is 0 Å². The second-order valence-electron chi connectivity index (χ2n) is 5.35. The van der Waals surface area contributed by atoms with E-state index in [0.717, 1.165) is 16.5 Å². The van der Waals surface area contributed by atoms with Gasteiger partial charge in [-0.15, -0.1) is 0 Å². The van der Waals surface area contributed by atoms with E-state index in [4.69, 9.17) is 0 Å². The number of carbonyl (C=O) groups is 1. The molecule has 114 valence electrons. The minimum absolute atomic E-state index is 0. The molecule has 1 heterocycles. The number of carbonyl (C=O) groups excluding carboxylic acids is 1. The van der Waals surface area contributed by atoms with Gasteiger partial charge in [-0.2, -0.15) is 13.5 Å². The van der Waals surface area contributed by atoms with E-state index in [1.54, 1.807) is 0 Å². The fraction of sp³-hybridized carbons (Fsp3) is 0.167. The van der Waals surface area contributed by atoms with Crippen molar-refractivity contribution in [3.63, 3.8) is 0 Å². The van der Waals surface area contributed by atoms with Gasteiger partial charge in [0.05, 0.1) is 6.04 Å². The van der Waals surface area contributed by atoms with Crippen molar-refractivity contribution < 1.29 is 4.79 Å². The number of nitrogens with one attached hydrogen (secondary N) is 2. The molecule has 3 nitrogen and oxygen atoms in total. The molecule has 0 saturated heterocycles. The average molecular weight is 312 g/mol. The Labute approximate surface area is 137 Å². The first-order valence-corrected chi connectivity index (χ1v) is 7.08. The number of aromatic amines is 1. The second-order valence-corrected chi connectivity index (χ2v) is 5.35. The molecule has 1 aromatic heterocycles. The Morgan fingerprint density at radius 3 is 2.68 bits per heavy atom. The van der Waals surface area contributed by atoms with Gasteiger partial charge in [-0.3, -0.25) is 4.79 Å². The summed E-state index contributed by atoms with van der Waals surface area (Å²) in [7, 11) is 0. The Balaban J connectivity index is 0.00000176. The lowest BCUT2D eigenvalue weighted by Crippen LogP contribution is -2.26. The predicted octanol–water partition coefficient (Wildman–Crippen LogP) is 4.08. The van der Waals surface area contributed by atoms with Crippen LogP contribution in [0.5, 0.6) is 0 Å². The van der Waals surface area contributed by atoms with Crippen molar-refractivity contribution in [2.24, 2.45) is 0 Å². The first-order valence-electron chi connectivity index (χ1n) is 7.08. The number of fused-ring (bicyclic) bond motifs is 1. The highest BCUT2D eigenvalue weighted by molar-refractivity contribution is 7.59. The summed E-state index contributed by atoms with van der Waals surface area (Å²) in [5.41, 5.74) is 3.99. The molecular formula is C18H20N2OS. The van der Waals surface area contributed by atoms with E-state index in [2.05, 4.69) is 29.4 Å². The standard InChI is InChI=1S/C18H18N2O.H2S/c1-12-5-3-6-14(11-12)13(2)20-18(21)16-7-4-8-17-15(16)9-10-19-17;/h3-11,13,19H,1-2H3,(H,20,21);1H2/t13-;/m0./s1. The molecule has 2 aromatic carbocycles. The van der Waals surface area contributed by atoms with Crippen LogP contribution in [0.25, 0.3) is 10.9 Å². The normalized spacial score (nSPS) is 11.7. The first-order chi connectivity index (χ1) is 10.1. The molecule has 4 heteroatoms. The molecule has 0 bridgehead atoms. The summed E-state index contributed by atoms with van der Waals surface area (Å²) in [5.74, 6) is -0.0470. The first kappa shape index (κ1) is 16.2. The number of aromatic nitrogens is 1. The third-order valence-electron chi connectivity index (χ3n) is 3.73. The fourth-order valence-electron chi connectivity index (χ4n) is 2.58. The number of hydrogen-bond donors (Lipinski definition) is 2. The smallest absolute Gasteiger partial charge is 0.252 e. The van der Waals surface area contributed by atoms with Crippen LogP contribution in [0.3, 0.4) is 0 Å². The van der Waals surface area contributed by atoms with E-state index in [1.807, 2.05) is 49.5 Å². The minimum atomic E-state index is -0.0470. The number of aryl methyl sites for hydroxylation is 1. The monoisotopic (exact) mass is 312 g/mol. The number of hydrogen-bond acceptors (Lipinski definition) is 1. The largest absolute Gasteiger partial charge is 0.361 e. The molecule has 0 spiro atoms. The zero-order valence-corrected chi connectivity index (χ0v) is 13.7. The Morgan fingerprint density at radius 2 is 1.91 bits per heavy atom. The molecule has 22 heavy (non-hydrogen) atoms. The van der Waals surface area contributed by atoms with E-state index < -0.39 is 0 Å². The lowest BCUT2D eigenvalue weighted by atomic mass is 10.0. The highest BCUT2D eigenvalue weighted by Crippen LogP contribution is 2.19. The van der Waals surface area contributed by atoms with Crippen LogP contribution in [-0.2, 0) is 0 Å². The zero-order valence-electron chi connectivity index (χ0n) is 12.7. The quantitative estimate of drug-likeness (QED) is 0.752. The summed E-state index contributed by atoms with van der Waals surface area (Å²) in [5, 5.41) is 4.02. The molecular weight excluding hydrogens is 292 g/mol. The van der Waals surface area contributed by atoms with Crippen LogP contribution in [0.1, 0.15) is 34.5 Å². The van der Waals surface area contributed by atoms with Gasteiger partial charge in [-0.05, 0) is 37.6 Å². The third-order valence-corrected chi connectivity index (χ3v) is 3.73. The van der Waals surface area contributed by atoms with Gasteiger partial charge >= 0.3 is 0 Å². The van der Waals surface area contributed by atoms with Crippen molar-refractivity contribution in [1.82, 2.24) is 10.3 Å². The summed E-state index contributed by atoms with van der Waals surface area (Å²) < 4.78 is 0. The maximum atomic E-state index is 12.5. The molecule has 0 saturated carbocycles. The average Bonchev–Trinajstić information content (AvgIpc) is 2.95. The molecule has 3 rings (SSSR count). The number of benzene rings is 2. The van der Waals surface area contributed by atoms with Gasteiger partial charge < -0.3 is 10.3 Å². The van der Waals surface area contributed by atoms with Crippen LogP contribution >= 0.6 is 13.5 Å². The molecule has 1 atom stereocenters. The predicted molar refractivity (Wildman–Crippen MR) is 95.7 cm³/mol. The van der Waals surface area contributed by atoms with Crippen molar-refractivity contribution in [1.29, 1.82) is 0 Å². The Kier molecular flexibility index (Phi) is 4.93. The van der Waals surface area contributed by atoms with Crippen LogP contribution in [0.15, 0.2) is 54.7 Å². The Morgan fingerprint density at radius 1 is 1.14 bits per heavy atom. The lowest BCUT2D eigenvalue weighted by Gasteiger charge is -2.15. The van der Waals surface area contributed by atoms with Crippen molar-refractivity contribution in [2.45, 2.75) is 19.9 Å². The summed E-state index contributed by atoms with van der Waals surface area (Å²) >= 11 is 0. The van der Waals surface area contributed by atoms with Gasteiger partial charge in [-0.25, -0.2) is 0 Å². The number of amides is 1. The second kappa shape index (κ2) is 6.71. The summed E-state index contributed by atoms with van der Waals surface area (Å²) in [6.45, 7) is 4.06. The van der Waals surface area contributed by atoms with Gasteiger partial charge in [-0.1, -0.05) is 35.9 Å². The van der Waals surface area contributed by atoms with Crippen LogP contribution < -0.4 is 5.32 Å². The van der Waals surface area contributed by atoms with E-state index in [-0.39, 0.29) is 25.4 Å². The Hall–Kier alpha value is -2.20. The molecule has 1 amide bonds. The highest BCUT2D eigenvalue weighted by Gasteiger charge is 2.14. The summed E-state index contributed by atoms with van der Waals surface area (Å²) in [6.07, 6.45) is 1.85. The summed E-state index contributed by atoms with van der Waals surface area (Å²) in [6, 6.07) is 15.8. The van der Waals surface area contributed by atoms with Crippen molar-refractivity contribution in [3.05, 3.63) is 71.4 Å². The van der Waals surface area contributed by atoms with E-state index in [9.17, 15) is 4.79 Å². The molecule has 2 N–H and O–H groups in total. The molecule has 3 aromatic rings. The van der Waals surface area contributed by atoms with Crippen LogP contribution in [0.2, 0.25) is 0 Å². The van der Waals surface area contributed by atoms with E-state index in [1.165, 1.54) is 5.56 Å². The minimum Gasteiger partial charge on any atom is -0.361 e. The summed E-state index contributed by atoms with van der Waals surface area (Å²) in [4.78, 5) is 15.6. The number of H-pyrrole nitrogens is 1. The van der Waals surface area contributed by atoms with Crippen molar-refractivity contribution in [3.8, 4) is 0 Å². The molecule has 0 unspecified atom stereocenters. The molecule has 0 radical (unpaired) electrons. The molecule has 0 fully saturated rings. The van der Waals surface area contributed by atoms with Crippen molar-refractivity contribution >= 4 is 30.3 Å². The molecule has 0 aliphatic rings. The molecule has 0 aliphatic heterocycles. The van der Waals surface area contributed by atoms with E-state index in [0.29, 0.717) is 5.56 Å². The van der Waals surface area contributed by atoms with Crippen LogP contribution in [0.4, 0.5) is 0 Å². The topological polar surface area (TPSA) is 44.9 Å². The van der Waals surface area contributed by atoms with Gasteiger partial charge in [0.2, 0.25) is 0 Å². The van der Waals surface area contributed by atoms with Gasteiger partial charge in [0, 0.05) is 22.7 Å². The zero-order chi connectivity index (χ0) is 14.8. The maximum Gasteiger partial charge on any atom is 0.252 e. The highest BCUT2D eigenvalue weighted by atomic mass is 32.1. The van der Waals surface area contributed by atoms with Gasteiger partial charge in [0.15, 0.2) is 0 Å². The fourth-order valence-corrected chi connectivity index (χ4v) is 2.58.